The summed E-state index contributed by atoms with van der Waals surface area (Å²) in [5, 5.41) is -2.87. The summed E-state index contributed by atoms with van der Waals surface area (Å²) in [6, 6.07) is -17.7. The molecule has 486 valence electrons. The van der Waals surface area contributed by atoms with Crippen molar-refractivity contribution in [2.24, 2.45) is 0 Å². The van der Waals surface area contributed by atoms with Crippen molar-refractivity contribution in [2.75, 3.05) is 0 Å². The van der Waals surface area contributed by atoms with Crippen LogP contribution in [0.1, 0.15) is 109 Å². The van der Waals surface area contributed by atoms with Gasteiger partial charge in [0.05, 0.1) is 75.3 Å². The molecule has 0 unspecified atom stereocenters. The molecule has 0 N–H and O–H groups in total. The van der Waals surface area contributed by atoms with Gasteiger partial charge in [-0.05, 0) is 120 Å². The van der Waals surface area contributed by atoms with Crippen molar-refractivity contribution in [3.05, 3.63) is 407 Å². The summed E-state index contributed by atoms with van der Waals surface area (Å²) in [6.07, 6.45) is 0. The molecule has 8 heteroatoms. The summed E-state index contributed by atoms with van der Waals surface area (Å²) in [5.41, 5.74) is -12.6. The lowest BCUT2D eigenvalue weighted by molar-refractivity contribution is 0.667. The minimum atomic E-state index is -3.23. The molecule has 104 heavy (non-hydrogen) atoms. The summed E-state index contributed by atoms with van der Waals surface area (Å²) in [6.45, 7) is 0. The minimum absolute atomic E-state index is 0.0304. The fourth-order valence-electron chi connectivity index (χ4n) is 13.4. The molecule has 4 heterocycles. The molecule has 0 saturated heterocycles. The van der Waals surface area contributed by atoms with Gasteiger partial charge < -0.3 is 8.83 Å². The van der Waals surface area contributed by atoms with Crippen LogP contribution in [0.2, 0.25) is 0 Å². The summed E-state index contributed by atoms with van der Waals surface area (Å²) < 4.78 is 435. The summed E-state index contributed by atoms with van der Waals surface area (Å²) >= 11 is 0. The van der Waals surface area contributed by atoms with Gasteiger partial charge in [-0.25, -0.2) is 29.9 Å². The number of benzene rings is 15. The van der Waals surface area contributed by atoms with E-state index in [1.807, 2.05) is 78.9 Å². The molecule has 0 spiro atoms. The molecule has 21 rings (SSSR count). The summed E-state index contributed by atoms with van der Waals surface area (Å²) in [4.78, 5) is 26.6. The fourth-order valence-corrected chi connectivity index (χ4v) is 13.4. The maximum absolute atomic E-state index is 10.3. The molecule has 0 bridgehead atoms. The molecule has 0 fully saturated rings. The molecule has 15 aromatic carbocycles. The van der Waals surface area contributed by atoms with E-state index in [4.69, 9.17) is 51.3 Å². The van der Waals surface area contributed by atoms with Gasteiger partial charge in [0, 0.05) is 54.9 Å². The highest BCUT2D eigenvalue weighted by Gasteiger charge is 2.48. The Balaban J connectivity index is 0.000000183. The molecule has 0 radical (unpaired) electrons. The highest BCUT2D eigenvalue weighted by Crippen LogP contribution is 2.59. The van der Waals surface area contributed by atoms with Crippen molar-refractivity contribution in [3.63, 3.8) is 0 Å². The van der Waals surface area contributed by atoms with Crippen molar-refractivity contribution in [1.82, 2.24) is 29.9 Å². The largest absolute Gasteiger partial charge is 0.456 e. The fraction of sp³-hybridized carbons (Fsp3) is 0.0208. The van der Waals surface area contributed by atoms with Crippen LogP contribution in [0.5, 0.6) is 0 Å². The van der Waals surface area contributed by atoms with Crippen LogP contribution in [0.3, 0.4) is 0 Å². The summed E-state index contributed by atoms with van der Waals surface area (Å²) in [5.74, 6) is -4.65. The molecule has 2 aliphatic rings. The lowest BCUT2D eigenvalue weighted by atomic mass is 9.67. The second-order valence-electron chi connectivity index (χ2n) is 23.1. The molecule has 19 aromatic rings. The molecular formula is C96H60N6O2. The van der Waals surface area contributed by atoms with E-state index in [9.17, 15) is 21.9 Å². The predicted octanol–water partition coefficient (Wildman–Crippen LogP) is 23.4. The van der Waals surface area contributed by atoms with Crippen molar-refractivity contribution in [2.45, 2.75) is 10.8 Å². The Morgan fingerprint density at radius 2 is 0.625 bits per heavy atom. The monoisotopic (exact) mass is 1380 g/mol. The average Bonchev–Trinajstić information content (AvgIpc) is 1.48. The van der Waals surface area contributed by atoms with Crippen LogP contribution in [0.4, 0.5) is 0 Å². The van der Waals surface area contributed by atoms with Crippen LogP contribution in [0.25, 0.3) is 145 Å². The molecule has 4 aromatic heterocycles. The quantitative estimate of drug-likeness (QED) is 0.133. The van der Waals surface area contributed by atoms with E-state index in [2.05, 4.69) is 29.9 Å². The van der Waals surface area contributed by atoms with E-state index in [1.165, 1.54) is 0 Å². The number of nitrogens with zero attached hydrogens (tertiary/aromatic N) is 6. The van der Waals surface area contributed by atoms with Gasteiger partial charge in [-0.15, -0.1) is 0 Å². The van der Waals surface area contributed by atoms with Gasteiger partial charge in [0.1, 0.15) is 22.3 Å². The third-order valence-electron chi connectivity index (χ3n) is 17.7. The van der Waals surface area contributed by atoms with E-state index in [0.717, 1.165) is 11.1 Å². The van der Waals surface area contributed by atoms with Crippen LogP contribution >= 0.6 is 0 Å². The third-order valence-corrected chi connectivity index (χ3v) is 17.7. The van der Waals surface area contributed by atoms with Crippen LogP contribution in [0, 0.1) is 0 Å². The van der Waals surface area contributed by atoms with Crippen molar-refractivity contribution in [1.29, 1.82) is 0 Å². The van der Waals surface area contributed by atoms with Crippen molar-refractivity contribution < 1.29 is 73.3 Å². The molecule has 2 aliphatic carbocycles. The van der Waals surface area contributed by atoms with Gasteiger partial charge in [0.15, 0.2) is 34.9 Å². The number of furan rings is 2. The normalized spacial score (nSPS) is 19.3. The number of aromatic nitrogens is 6. The average molecular weight is 1380 g/mol. The second kappa shape index (κ2) is 24.5. The first kappa shape index (κ1) is 29.4. The Hall–Kier alpha value is -13.8. The maximum atomic E-state index is 10.3. The van der Waals surface area contributed by atoms with Gasteiger partial charge in [-0.1, -0.05) is 321 Å². The number of rotatable bonds is 10. The SMILES string of the molecule is [2H]c1c([2H])c([2H])c(-c2nc(-c3c([2H])c([2H])c([2H])c([2H])c3[2H])nc(-c3c([2H])c([2H])c([2H])c4oc5c([2H])c([2H])c(C6(c7c([2H])c([2H])c([2H])c([2H])c7[2H])c7c([2H])c([2H])c([2H])c([2H])c7-c7c([2H])c([2H])c([2H])c([2H])c76)c([2H])c5c34)n2)c([2H])c1[2H].[2H]c1c([2H])c([2H])c(-c2nc(-c3c([2H])c([2H])c4c([2H])c([2H])c([2H])c([2H])c4c3[2H])nc(-c3c([2H])c([2H])c([2H])c4oc5c([2H])c([2H])c(C6(c7ccccc7)c7ccccc7-c7ccccc76)c([2H])c5c34)n2)c([2H])c1[2H]. The third kappa shape index (κ3) is 9.60. The summed E-state index contributed by atoms with van der Waals surface area (Å²) in [7, 11) is 0. The van der Waals surface area contributed by atoms with Crippen LogP contribution in [-0.4, -0.2) is 29.9 Å². The Morgan fingerprint density at radius 1 is 0.231 bits per heavy atom. The highest BCUT2D eigenvalue weighted by atomic mass is 16.3. The van der Waals surface area contributed by atoms with E-state index in [-0.39, 0.29) is 28.0 Å². The van der Waals surface area contributed by atoms with Crippen molar-refractivity contribution in [3.8, 4) is 90.6 Å². The number of fused-ring (bicyclic) bond motifs is 13. The Kier molecular flexibility index (Phi) is 6.93. The van der Waals surface area contributed by atoms with Crippen LogP contribution < -0.4 is 0 Å². The molecular weight excluding hydrogens is 1270 g/mol. The first-order chi connectivity index (χ1) is 71.1. The number of hydrogen-bond acceptors (Lipinski definition) is 8. The Bertz CT molecular complexity index is 9250. The van der Waals surface area contributed by atoms with E-state index < -0.39 is 429 Å². The lowest BCUT2D eigenvalue weighted by Gasteiger charge is -2.33. The molecule has 0 saturated carbocycles. The van der Waals surface area contributed by atoms with Gasteiger partial charge in [0.2, 0.25) is 0 Å². The zero-order valence-corrected chi connectivity index (χ0v) is 52.5. The Labute approximate surface area is 665 Å². The highest BCUT2D eigenvalue weighted by molar-refractivity contribution is 6.14. The zero-order valence-electron chi connectivity index (χ0n) is 99.5. The smallest absolute Gasteiger partial charge is 0.164 e. The van der Waals surface area contributed by atoms with E-state index >= 15 is 0 Å². The minimum Gasteiger partial charge on any atom is -0.456 e. The molecule has 0 atom stereocenters. The zero-order chi connectivity index (χ0) is 110. The number of hydrogen-bond donors (Lipinski definition) is 0. The van der Waals surface area contributed by atoms with Gasteiger partial charge in [-0.2, -0.15) is 0 Å². The van der Waals surface area contributed by atoms with Gasteiger partial charge in [0.25, 0.3) is 0 Å². The molecule has 0 amide bonds. The first-order valence-corrected chi connectivity index (χ1v) is 31.3. The maximum Gasteiger partial charge on any atom is 0.164 e. The first-order valence-electron chi connectivity index (χ1n) is 54.8. The van der Waals surface area contributed by atoms with Crippen LogP contribution in [0.15, 0.2) is 372 Å². The lowest BCUT2D eigenvalue weighted by Crippen LogP contribution is -2.28. The predicted molar refractivity (Wildman–Crippen MR) is 419 cm³/mol. The van der Waals surface area contributed by atoms with E-state index in [1.54, 1.807) is 0 Å². The van der Waals surface area contributed by atoms with Gasteiger partial charge >= 0.3 is 0 Å². The van der Waals surface area contributed by atoms with Crippen LogP contribution in [-0.2, 0) is 10.8 Å². The molecule has 0 aliphatic heterocycles. The topological polar surface area (TPSA) is 104 Å². The van der Waals surface area contributed by atoms with Crippen molar-refractivity contribution >= 4 is 54.6 Å². The standard InChI is InChI=1S/C50H31N3O.C46H29N3O/c1-3-15-33(16-4-1)47-51-48(35-27-26-32-14-7-8-17-34(32)30-35)53-49(52-47)40-22-13-25-45-46(40)41-31-37(28-29-44(41)54-45)50(36-18-5-2-6-19-36)42-23-11-9-20-38(42)39-21-10-12-24-43(39)50;1-4-15-30(16-5-1)43-47-44(31-17-6-2-7-18-31)49-45(48-43)36-23-14-26-41-42(36)37-29-33(27-28-40(37)50-41)46(32-19-8-3-9-20-32)38-24-12-10-21-34(38)35-22-11-13-25-39(35)46/h1-31H;1-29H/i1D,3D,4D,7D,8D,13D,14D,15D,16D,17D,22D,25D,26D,27D,28D,29D,30D,31D;1D,2D,3D,4D,5D,6D,7D,8D,9D,10D,11D,12D,13D,14D,15D,16D,17D,18D,19D,20D,21D,22D,23D,24D,25D,26D,27D,28D,29D. The molecule has 8 nitrogen and oxygen atoms in total. The van der Waals surface area contributed by atoms with Gasteiger partial charge in [-0.3, -0.25) is 0 Å². The van der Waals surface area contributed by atoms with E-state index in [0.29, 0.717) is 16.7 Å². The Morgan fingerprint density at radius 3 is 1.12 bits per heavy atom. The second-order valence-corrected chi connectivity index (χ2v) is 23.1.